The molecule has 50 heavy (non-hydrogen) atoms. The highest BCUT2D eigenvalue weighted by Crippen LogP contribution is 2.59. The Morgan fingerprint density at radius 2 is 1.12 bits per heavy atom. The van der Waals surface area contributed by atoms with E-state index in [1.165, 1.54) is 29.4 Å². The van der Waals surface area contributed by atoms with E-state index in [1.54, 1.807) is 0 Å². The maximum absolute atomic E-state index is 15.2. The van der Waals surface area contributed by atoms with Crippen molar-refractivity contribution in [2.45, 2.75) is 65.7 Å². The van der Waals surface area contributed by atoms with Crippen molar-refractivity contribution in [3.63, 3.8) is 0 Å². The second-order valence-corrected chi connectivity index (χ2v) is 11.6. The van der Waals surface area contributed by atoms with E-state index < -0.39 is 92.7 Å². The van der Waals surface area contributed by atoms with Crippen molar-refractivity contribution < 1.29 is 105 Å². The van der Waals surface area contributed by atoms with Crippen LogP contribution in [0.3, 0.4) is 0 Å². The standard InChI is InChI=1S/C24H10F21NO3S/c25-15(26)17(29,30)19(33,34)20(35,36)18(31,32)16(27,28)14(10-5-6-13-11(8-10)7-9-3-1-2-4-12(9)13)46-49-50(47,48)24(44,45)22(39,40)21(37,38)23(41,42)43/h1-6,8,15H,7H2/b46-14-. The van der Waals surface area contributed by atoms with Gasteiger partial charge in [-0.15, -0.1) is 0 Å². The zero-order valence-electron chi connectivity index (χ0n) is 22.8. The Labute approximate surface area is 262 Å². The minimum absolute atomic E-state index is 0.00562. The van der Waals surface area contributed by atoms with E-state index in [4.69, 9.17) is 0 Å². The first kappa shape index (κ1) is 40.8. The van der Waals surface area contributed by atoms with Crippen LogP contribution in [0.15, 0.2) is 47.6 Å². The molecule has 0 unspecified atom stereocenters. The lowest BCUT2D eigenvalue weighted by Gasteiger charge is -2.39. The van der Waals surface area contributed by atoms with Gasteiger partial charge in [0.2, 0.25) is 0 Å². The van der Waals surface area contributed by atoms with Crippen LogP contribution in [0.25, 0.3) is 11.1 Å². The van der Waals surface area contributed by atoms with Gasteiger partial charge in [-0.05, 0) is 34.7 Å². The monoisotopic (exact) mass is 791 g/mol. The van der Waals surface area contributed by atoms with Crippen LogP contribution in [0.5, 0.6) is 0 Å². The first-order valence-corrected chi connectivity index (χ1v) is 13.6. The molecule has 282 valence electrons. The Kier molecular flexibility index (Phi) is 9.56. The molecule has 1 aliphatic rings. The number of fused-ring (bicyclic) bond motifs is 3. The molecule has 0 atom stereocenters. The number of rotatable bonds is 12. The highest BCUT2D eigenvalue weighted by molar-refractivity contribution is 7.87. The topological polar surface area (TPSA) is 55.7 Å². The Balaban J connectivity index is 2.30. The van der Waals surface area contributed by atoms with E-state index in [0.717, 1.165) is 0 Å². The molecule has 0 saturated heterocycles. The molecule has 2 aromatic rings. The number of oxime groups is 1. The summed E-state index contributed by atoms with van der Waals surface area (Å²) in [6.45, 7) is 0. The third-order valence-electron chi connectivity index (χ3n) is 6.90. The zero-order valence-corrected chi connectivity index (χ0v) is 23.7. The van der Waals surface area contributed by atoms with Crippen LogP contribution in [0, 0.1) is 0 Å². The van der Waals surface area contributed by atoms with Gasteiger partial charge in [0.15, 0.2) is 5.71 Å². The molecule has 0 aliphatic heterocycles. The number of benzene rings is 2. The lowest BCUT2D eigenvalue weighted by atomic mass is 9.89. The predicted octanol–water partition coefficient (Wildman–Crippen LogP) is 9.18. The van der Waals surface area contributed by atoms with Crippen molar-refractivity contribution >= 4 is 15.8 Å². The van der Waals surface area contributed by atoms with Crippen molar-refractivity contribution in [1.82, 2.24) is 0 Å². The molecule has 0 bridgehead atoms. The minimum atomic E-state index is -8.41. The van der Waals surface area contributed by atoms with E-state index in [1.807, 2.05) is 0 Å². The average molecular weight is 791 g/mol. The summed E-state index contributed by atoms with van der Waals surface area (Å²) in [7, 11) is -8.41. The smallest absolute Gasteiger partial charge is 0.263 e. The van der Waals surface area contributed by atoms with Crippen LogP contribution >= 0.6 is 0 Å². The highest BCUT2D eigenvalue weighted by Gasteiger charge is 2.89. The van der Waals surface area contributed by atoms with E-state index >= 15 is 8.78 Å². The fourth-order valence-electron chi connectivity index (χ4n) is 4.12. The molecular weight excluding hydrogens is 781 g/mol. The summed E-state index contributed by atoms with van der Waals surface area (Å²) in [5.74, 6) is -56.0. The fourth-order valence-corrected chi connectivity index (χ4v) is 4.83. The van der Waals surface area contributed by atoms with Gasteiger partial charge in [0.25, 0.3) is 0 Å². The maximum Gasteiger partial charge on any atom is 0.460 e. The third kappa shape index (κ3) is 5.58. The van der Waals surface area contributed by atoms with Crippen LogP contribution in [0.1, 0.15) is 16.7 Å². The van der Waals surface area contributed by atoms with Crippen molar-refractivity contribution in [2.24, 2.45) is 5.16 Å². The second kappa shape index (κ2) is 11.7. The quantitative estimate of drug-likeness (QED) is 0.105. The molecule has 26 heteroatoms. The molecule has 0 fully saturated rings. The van der Waals surface area contributed by atoms with Gasteiger partial charge in [0.1, 0.15) is 0 Å². The molecule has 0 saturated carbocycles. The Bertz CT molecular complexity index is 1770. The van der Waals surface area contributed by atoms with Gasteiger partial charge in [-0.3, -0.25) is 4.28 Å². The van der Waals surface area contributed by atoms with Gasteiger partial charge < -0.3 is 0 Å². The van der Waals surface area contributed by atoms with Crippen LogP contribution in [-0.4, -0.2) is 73.4 Å². The molecule has 0 amide bonds. The van der Waals surface area contributed by atoms with Crippen molar-refractivity contribution in [1.29, 1.82) is 0 Å². The number of hydrogen-bond acceptors (Lipinski definition) is 4. The van der Waals surface area contributed by atoms with Crippen LogP contribution in [-0.2, 0) is 20.8 Å². The second-order valence-electron chi connectivity index (χ2n) is 10.1. The number of halogens is 21. The summed E-state index contributed by atoms with van der Waals surface area (Å²) in [5, 5.41) is -6.60. The lowest BCUT2D eigenvalue weighted by molar-refractivity contribution is -0.404. The molecule has 0 spiro atoms. The first-order valence-electron chi connectivity index (χ1n) is 12.2. The van der Waals surface area contributed by atoms with E-state index in [9.17, 15) is 91.8 Å². The SMILES string of the molecule is O=S(=O)(O/N=C(/c1ccc2c(c1)Cc1ccccc1-2)C(F)(F)C(F)(F)C(F)(F)C(F)(F)C(F)(F)C(F)F)C(F)(F)C(F)(F)C(F)(F)C(F)(F)F. The highest BCUT2D eigenvalue weighted by atomic mass is 32.2. The molecular formula is C24H10F21NO3S. The van der Waals surface area contributed by atoms with Crippen molar-refractivity contribution in [3.05, 3.63) is 59.2 Å². The Hall–Kier alpha value is -3.61. The minimum Gasteiger partial charge on any atom is -0.263 e. The molecule has 4 nitrogen and oxygen atoms in total. The summed E-state index contributed by atoms with van der Waals surface area (Å²) >= 11 is 0. The normalized spacial score (nSPS) is 16.1. The fraction of sp³-hybridized carbons (Fsp3) is 0.458. The Morgan fingerprint density at radius 1 is 0.620 bits per heavy atom. The zero-order chi connectivity index (χ0) is 39.1. The number of nitrogens with zero attached hydrogens (tertiary/aromatic N) is 1. The average Bonchev–Trinajstić information content (AvgIpc) is 3.33. The molecule has 3 rings (SSSR count). The summed E-state index contributed by atoms with van der Waals surface area (Å²) in [4.78, 5) is 0. The summed E-state index contributed by atoms with van der Waals surface area (Å²) in [6.07, 6.45) is -14.1. The molecule has 1 aliphatic carbocycles. The number of alkyl halides is 21. The molecule has 0 aromatic heterocycles. The lowest BCUT2D eigenvalue weighted by Crippen LogP contribution is -2.70. The van der Waals surface area contributed by atoms with E-state index in [2.05, 4.69) is 4.28 Å². The van der Waals surface area contributed by atoms with E-state index in [-0.39, 0.29) is 28.8 Å². The Morgan fingerprint density at radius 3 is 1.62 bits per heavy atom. The van der Waals surface area contributed by atoms with Gasteiger partial charge in [0, 0.05) is 5.56 Å². The van der Waals surface area contributed by atoms with Crippen LogP contribution in [0.2, 0.25) is 0 Å². The summed E-state index contributed by atoms with van der Waals surface area (Å²) < 4.78 is 312. The molecule has 0 N–H and O–H groups in total. The molecule has 2 aromatic carbocycles. The molecule has 0 radical (unpaired) electrons. The largest absolute Gasteiger partial charge is 0.460 e. The number of hydrogen-bond donors (Lipinski definition) is 0. The van der Waals surface area contributed by atoms with E-state index in [0.29, 0.717) is 6.07 Å². The van der Waals surface area contributed by atoms with Crippen molar-refractivity contribution in [3.8, 4) is 11.1 Å². The summed E-state index contributed by atoms with van der Waals surface area (Å²) in [5.41, 5.74) is -5.69. The van der Waals surface area contributed by atoms with Gasteiger partial charge in [-0.1, -0.05) is 41.6 Å². The maximum atomic E-state index is 15.2. The van der Waals surface area contributed by atoms with Crippen molar-refractivity contribution in [2.75, 3.05) is 0 Å². The van der Waals surface area contributed by atoms with Crippen LogP contribution in [0.4, 0.5) is 92.2 Å². The van der Waals surface area contributed by atoms with Gasteiger partial charge in [-0.2, -0.15) is 91.8 Å². The first-order chi connectivity index (χ1) is 22.1. The summed E-state index contributed by atoms with van der Waals surface area (Å²) in [6, 6.07) is 5.96. The van der Waals surface area contributed by atoms with Gasteiger partial charge in [-0.25, -0.2) is 8.78 Å². The molecule has 0 heterocycles. The van der Waals surface area contributed by atoms with Crippen LogP contribution < -0.4 is 0 Å². The third-order valence-corrected chi connectivity index (χ3v) is 8.05. The van der Waals surface area contributed by atoms with Gasteiger partial charge in [0.05, 0.1) is 0 Å². The predicted molar refractivity (Wildman–Crippen MR) is 123 cm³/mol. The van der Waals surface area contributed by atoms with Gasteiger partial charge >= 0.3 is 69.4 Å².